The normalized spacial score (nSPS) is 20.5. The maximum absolute atomic E-state index is 12.9. The topological polar surface area (TPSA) is 101 Å². The number of amides is 1. The molecule has 3 heterocycles. The Morgan fingerprint density at radius 1 is 1.27 bits per heavy atom. The molecular formula is C17H18N4O4S. The maximum atomic E-state index is 12.9. The standard InChI is InChI=1S/C17H18N4O4S/c1-10-18-14-9-21(8-12(14)16(22)20(10)2)17(23)13-7-11-5-3-4-6-15(11)26(24,25)19-13/h3-6,13,19H,7-9H2,1-2H3/t13-/m1/s1. The minimum Gasteiger partial charge on any atom is -0.331 e. The fourth-order valence-corrected chi connectivity index (χ4v) is 4.93. The van der Waals surface area contributed by atoms with Crippen LogP contribution in [0.3, 0.4) is 0 Å². The first-order chi connectivity index (χ1) is 12.3. The molecular weight excluding hydrogens is 356 g/mol. The Morgan fingerprint density at radius 2 is 2.00 bits per heavy atom. The molecule has 4 rings (SSSR count). The van der Waals surface area contributed by atoms with Crippen LogP contribution in [-0.2, 0) is 41.4 Å². The van der Waals surface area contributed by atoms with E-state index in [0.717, 1.165) is 0 Å². The highest BCUT2D eigenvalue weighted by molar-refractivity contribution is 7.89. The second kappa shape index (κ2) is 5.75. The first-order valence-electron chi connectivity index (χ1n) is 8.22. The van der Waals surface area contributed by atoms with Crippen molar-refractivity contribution in [2.75, 3.05) is 0 Å². The third-order valence-electron chi connectivity index (χ3n) is 4.98. The Hall–Kier alpha value is -2.52. The SMILES string of the molecule is Cc1nc2c(c(=O)n1C)CN(C(=O)[C@H]1Cc3ccccc3S(=O)(=O)N1)C2. The van der Waals surface area contributed by atoms with E-state index < -0.39 is 16.1 Å². The summed E-state index contributed by atoms with van der Waals surface area (Å²) < 4.78 is 28.8. The molecule has 2 aliphatic heterocycles. The third kappa shape index (κ3) is 2.55. The van der Waals surface area contributed by atoms with Crippen LogP contribution in [0.1, 0.15) is 22.6 Å². The predicted octanol–water partition coefficient (Wildman–Crippen LogP) is -0.166. The van der Waals surface area contributed by atoms with E-state index in [4.69, 9.17) is 0 Å². The van der Waals surface area contributed by atoms with E-state index in [9.17, 15) is 18.0 Å². The Balaban J connectivity index is 1.63. The van der Waals surface area contributed by atoms with Crippen molar-refractivity contribution in [3.05, 3.63) is 57.3 Å². The molecule has 1 atom stereocenters. The number of fused-ring (bicyclic) bond motifs is 2. The van der Waals surface area contributed by atoms with Crippen molar-refractivity contribution in [2.24, 2.45) is 7.05 Å². The van der Waals surface area contributed by atoms with Gasteiger partial charge in [0.2, 0.25) is 15.9 Å². The zero-order valence-electron chi connectivity index (χ0n) is 14.4. The fraction of sp³-hybridized carbons (Fsp3) is 0.353. The van der Waals surface area contributed by atoms with Crippen molar-refractivity contribution in [1.29, 1.82) is 0 Å². The van der Waals surface area contributed by atoms with Gasteiger partial charge in [-0.15, -0.1) is 0 Å². The quantitative estimate of drug-likeness (QED) is 0.747. The number of aromatic nitrogens is 2. The summed E-state index contributed by atoms with van der Waals surface area (Å²) in [5, 5.41) is 0. The molecule has 0 saturated heterocycles. The average Bonchev–Trinajstić information content (AvgIpc) is 3.02. The van der Waals surface area contributed by atoms with Gasteiger partial charge < -0.3 is 4.90 Å². The summed E-state index contributed by atoms with van der Waals surface area (Å²) in [7, 11) is -2.09. The van der Waals surface area contributed by atoms with Crippen molar-refractivity contribution in [1.82, 2.24) is 19.2 Å². The molecule has 0 unspecified atom stereocenters. The number of rotatable bonds is 1. The Bertz CT molecular complexity index is 1090. The number of hydrogen-bond acceptors (Lipinski definition) is 5. The monoisotopic (exact) mass is 374 g/mol. The van der Waals surface area contributed by atoms with Gasteiger partial charge in [0.25, 0.3) is 5.56 Å². The summed E-state index contributed by atoms with van der Waals surface area (Å²) >= 11 is 0. The molecule has 0 bridgehead atoms. The van der Waals surface area contributed by atoms with Crippen LogP contribution in [0.25, 0.3) is 0 Å². The predicted molar refractivity (Wildman–Crippen MR) is 92.7 cm³/mol. The van der Waals surface area contributed by atoms with Crippen molar-refractivity contribution < 1.29 is 13.2 Å². The number of carbonyl (C=O) groups excluding carboxylic acids is 1. The summed E-state index contributed by atoms with van der Waals surface area (Å²) in [4.78, 5) is 31.4. The molecule has 2 aromatic rings. The van der Waals surface area contributed by atoms with Gasteiger partial charge in [-0.25, -0.2) is 13.4 Å². The molecule has 8 nitrogen and oxygen atoms in total. The molecule has 1 amide bonds. The fourth-order valence-electron chi connectivity index (χ4n) is 3.49. The van der Waals surface area contributed by atoms with E-state index in [1.54, 1.807) is 32.2 Å². The molecule has 1 aromatic carbocycles. The number of benzene rings is 1. The van der Waals surface area contributed by atoms with Crippen molar-refractivity contribution in [3.63, 3.8) is 0 Å². The largest absolute Gasteiger partial charge is 0.331 e. The van der Waals surface area contributed by atoms with E-state index in [0.29, 0.717) is 22.6 Å². The Morgan fingerprint density at radius 3 is 2.77 bits per heavy atom. The van der Waals surface area contributed by atoms with Gasteiger partial charge in [0.1, 0.15) is 11.9 Å². The zero-order chi connectivity index (χ0) is 18.6. The lowest BCUT2D eigenvalue weighted by Crippen LogP contribution is -2.50. The van der Waals surface area contributed by atoms with Gasteiger partial charge in [-0.2, -0.15) is 4.72 Å². The number of hydrogen-bond donors (Lipinski definition) is 1. The number of sulfonamides is 1. The summed E-state index contributed by atoms with van der Waals surface area (Å²) in [6.45, 7) is 2.09. The van der Waals surface area contributed by atoms with Gasteiger partial charge in [0.05, 0.1) is 29.2 Å². The minimum absolute atomic E-state index is 0.147. The van der Waals surface area contributed by atoms with Crippen LogP contribution in [0.2, 0.25) is 0 Å². The smallest absolute Gasteiger partial charge is 0.258 e. The van der Waals surface area contributed by atoms with Crippen LogP contribution in [0.15, 0.2) is 34.0 Å². The summed E-state index contributed by atoms with van der Waals surface area (Å²) in [5.74, 6) is 0.233. The molecule has 9 heteroatoms. The van der Waals surface area contributed by atoms with E-state index in [2.05, 4.69) is 9.71 Å². The molecule has 2 aliphatic rings. The second-order valence-electron chi connectivity index (χ2n) is 6.63. The third-order valence-corrected chi connectivity index (χ3v) is 6.55. The molecule has 0 spiro atoms. The van der Waals surface area contributed by atoms with Gasteiger partial charge >= 0.3 is 0 Å². The van der Waals surface area contributed by atoms with Crippen molar-refractivity contribution in [3.8, 4) is 0 Å². The Labute approximate surface area is 150 Å². The molecule has 0 aliphatic carbocycles. The van der Waals surface area contributed by atoms with Gasteiger partial charge in [-0.3, -0.25) is 14.2 Å². The number of carbonyl (C=O) groups is 1. The van der Waals surface area contributed by atoms with Gasteiger partial charge in [-0.05, 0) is 25.0 Å². The summed E-state index contributed by atoms with van der Waals surface area (Å²) in [5.41, 5.74) is 1.52. The van der Waals surface area contributed by atoms with E-state index in [-0.39, 0.29) is 35.9 Å². The first kappa shape index (κ1) is 16.9. The Kier molecular flexibility index (Phi) is 3.74. The maximum Gasteiger partial charge on any atom is 0.258 e. The lowest BCUT2D eigenvalue weighted by Gasteiger charge is -2.28. The first-order valence-corrected chi connectivity index (χ1v) is 9.70. The van der Waals surface area contributed by atoms with Gasteiger partial charge in [0, 0.05) is 7.05 Å². The van der Waals surface area contributed by atoms with Crippen molar-refractivity contribution in [2.45, 2.75) is 37.4 Å². The zero-order valence-corrected chi connectivity index (χ0v) is 15.2. The molecule has 0 saturated carbocycles. The van der Waals surface area contributed by atoms with Crippen LogP contribution < -0.4 is 10.3 Å². The molecule has 0 fully saturated rings. The number of aryl methyl sites for hydroxylation is 1. The average molecular weight is 374 g/mol. The highest BCUT2D eigenvalue weighted by Gasteiger charge is 2.38. The lowest BCUT2D eigenvalue weighted by atomic mass is 10.1. The lowest BCUT2D eigenvalue weighted by molar-refractivity contribution is -0.133. The van der Waals surface area contributed by atoms with E-state index >= 15 is 0 Å². The highest BCUT2D eigenvalue weighted by atomic mass is 32.2. The van der Waals surface area contributed by atoms with E-state index in [1.807, 2.05) is 0 Å². The minimum atomic E-state index is -3.73. The molecule has 0 radical (unpaired) electrons. The summed E-state index contributed by atoms with van der Waals surface area (Å²) in [6.07, 6.45) is 0.283. The second-order valence-corrected chi connectivity index (χ2v) is 8.31. The van der Waals surface area contributed by atoms with Crippen LogP contribution in [0, 0.1) is 6.92 Å². The van der Waals surface area contributed by atoms with Crippen LogP contribution in [0.4, 0.5) is 0 Å². The van der Waals surface area contributed by atoms with Crippen LogP contribution in [-0.4, -0.2) is 34.8 Å². The summed E-state index contributed by atoms with van der Waals surface area (Å²) in [6, 6.07) is 5.77. The van der Waals surface area contributed by atoms with Crippen LogP contribution >= 0.6 is 0 Å². The van der Waals surface area contributed by atoms with Crippen molar-refractivity contribution >= 4 is 15.9 Å². The highest BCUT2D eigenvalue weighted by Crippen LogP contribution is 2.25. The molecule has 26 heavy (non-hydrogen) atoms. The van der Waals surface area contributed by atoms with E-state index in [1.165, 1.54) is 15.5 Å². The molecule has 136 valence electrons. The molecule has 1 aromatic heterocycles. The van der Waals surface area contributed by atoms with Gasteiger partial charge in [-0.1, -0.05) is 18.2 Å². The number of nitrogens with zero attached hydrogens (tertiary/aromatic N) is 3. The molecule has 1 N–H and O–H groups in total. The number of nitrogens with one attached hydrogen (secondary N) is 1. The van der Waals surface area contributed by atoms with Crippen LogP contribution in [0.5, 0.6) is 0 Å². The van der Waals surface area contributed by atoms with Gasteiger partial charge in [0.15, 0.2) is 0 Å².